The highest BCUT2D eigenvalue weighted by atomic mass is 35.5. The highest BCUT2D eigenvalue weighted by Crippen LogP contribution is 2.26. The number of oxime groups is 1. The van der Waals surface area contributed by atoms with Gasteiger partial charge in [0.05, 0.1) is 7.11 Å². The van der Waals surface area contributed by atoms with E-state index in [1.165, 1.54) is 25.3 Å². The number of hydrogen-bond acceptors (Lipinski definition) is 6. The smallest absolute Gasteiger partial charge is 0.367 e. The van der Waals surface area contributed by atoms with Gasteiger partial charge in [-0.1, -0.05) is 28.4 Å². The molecule has 1 rings (SSSR count). The Hall–Kier alpha value is -1.99. The number of methoxy groups -OCH3 is 1. The second-order valence-corrected chi connectivity index (χ2v) is 4.44. The number of carbonyl (C=O) groups excluding carboxylic acids is 1. The minimum absolute atomic E-state index is 0.0374. The first-order chi connectivity index (χ1) is 9.36. The second kappa shape index (κ2) is 6.97. The predicted molar refractivity (Wildman–Crippen MR) is 70.4 cm³/mol. The second-order valence-electron chi connectivity index (χ2n) is 3.34. The molecule has 0 heterocycles. The molecule has 0 amide bonds. The summed E-state index contributed by atoms with van der Waals surface area (Å²) >= 11 is 10.5. The molecule has 0 aliphatic carbocycles. The number of hydrogen-bond donors (Lipinski definition) is 2. The average molecular weight is 322 g/mol. The lowest BCUT2D eigenvalue weighted by Gasteiger charge is -2.06. The maximum Gasteiger partial charge on any atom is 0.367 e. The Kier molecular flexibility index (Phi) is 5.60. The Morgan fingerprint density at radius 3 is 2.50 bits per heavy atom. The molecule has 0 fully saturated rings. The van der Waals surface area contributed by atoms with Crippen molar-refractivity contribution in [1.82, 2.24) is 0 Å². The van der Waals surface area contributed by atoms with Crippen molar-refractivity contribution in [2.75, 3.05) is 7.11 Å². The third kappa shape index (κ3) is 4.01. The Bertz CT molecular complexity index is 558. The van der Waals surface area contributed by atoms with Crippen LogP contribution in [0.3, 0.4) is 0 Å². The van der Waals surface area contributed by atoms with Crippen LogP contribution in [0.5, 0.6) is 11.5 Å². The third-order valence-electron chi connectivity index (χ3n) is 2.06. The molecule has 0 spiro atoms. The molecule has 1 aromatic carbocycles. The van der Waals surface area contributed by atoms with Gasteiger partial charge in [-0.15, -0.1) is 0 Å². The summed E-state index contributed by atoms with van der Waals surface area (Å²) in [6.45, 7) is 0. The molecule has 0 saturated carbocycles. The molecule has 2 N–H and O–H groups in total. The number of alkyl halides is 2. The van der Waals surface area contributed by atoms with E-state index in [4.69, 9.17) is 33.0 Å². The number of aromatic hydroxyl groups is 1. The van der Waals surface area contributed by atoms with Gasteiger partial charge >= 0.3 is 11.9 Å². The van der Waals surface area contributed by atoms with Gasteiger partial charge in [0, 0.05) is 5.56 Å². The molecule has 0 aliphatic heterocycles. The fourth-order valence-electron chi connectivity index (χ4n) is 1.17. The predicted octanol–water partition coefficient (Wildman–Crippen LogP) is 1.54. The normalized spacial score (nSPS) is 11.3. The average Bonchev–Trinajstić information content (AvgIpc) is 2.39. The molecule has 108 valence electrons. The molecule has 20 heavy (non-hydrogen) atoms. The van der Waals surface area contributed by atoms with Crippen LogP contribution in [0.25, 0.3) is 0 Å². The molecular formula is C11H9Cl2NO6. The fourth-order valence-corrected chi connectivity index (χ4v) is 1.25. The van der Waals surface area contributed by atoms with Gasteiger partial charge in [-0.25, -0.2) is 9.59 Å². The summed E-state index contributed by atoms with van der Waals surface area (Å²) in [7, 11) is 1.29. The Morgan fingerprint density at radius 1 is 1.35 bits per heavy atom. The highest BCUT2D eigenvalue weighted by molar-refractivity contribution is 6.53. The minimum Gasteiger partial charge on any atom is -0.504 e. The molecule has 0 aromatic heterocycles. The first-order valence-electron chi connectivity index (χ1n) is 5.04. The summed E-state index contributed by atoms with van der Waals surface area (Å²) in [5, 5.41) is 21.6. The molecule has 0 radical (unpaired) electrons. The summed E-state index contributed by atoms with van der Waals surface area (Å²) in [6.07, 6.45) is 0. The van der Waals surface area contributed by atoms with E-state index >= 15 is 0 Å². The first kappa shape index (κ1) is 16.1. The Balaban J connectivity index is 3.11. The van der Waals surface area contributed by atoms with Crippen molar-refractivity contribution in [1.29, 1.82) is 0 Å². The number of phenolic OH excluding ortho intramolecular Hbond substituents is 1. The van der Waals surface area contributed by atoms with Crippen LogP contribution in [-0.2, 0) is 14.4 Å². The fraction of sp³-hybridized carbons (Fsp3) is 0.182. The maximum absolute atomic E-state index is 11.1. The topological polar surface area (TPSA) is 105 Å². The van der Waals surface area contributed by atoms with Crippen molar-refractivity contribution in [2.45, 2.75) is 4.84 Å². The van der Waals surface area contributed by atoms with Gasteiger partial charge in [0.25, 0.3) is 0 Å². The van der Waals surface area contributed by atoms with Crippen LogP contribution in [0, 0.1) is 0 Å². The maximum atomic E-state index is 11.1. The van der Waals surface area contributed by atoms with E-state index in [1.54, 1.807) is 0 Å². The summed E-state index contributed by atoms with van der Waals surface area (Å²) in [6, 6.07) is 3.69. The van der Waals surface area contributed by atoms with Gasteiger partial charge in [-0.2, -0.15) is 0 Å². The van der Waals surface area contributed by atoms with E-state index in [2.05, 4.69) is 9.99 Å². The monoisotopic (exact) mass is 321 g/mol. The van der Waals surface area contributed by atoms with Crippen LogP contribution in [0.15, 0.2) is 23.4 Å². The number of benzene rings is 1. The number of carbonyl (C=O) groups is 2. The number of carboxylic acid groups (broad SMARTS) is 1. The zero-order valence-corrected chi connectivity index (χ0v) is 11.6. The zero-order valence-electron chi connectivity index (χ0n) is 10.0. The third-order valence-corrected chi connectivity index (χ3v) is 2.42. The van der Waals surface area contributed by atoms with Gasteiger partial charge in [0.1, 0.15) is 0 Å². The number of ether oxygens (including phenoxy) is 1. The quantitative estimate of drug-likeness (QED) is 0.369. The molecule has 7 nitrogen and oxygen atoms in total. The zero-order chi connectivity index (χ0) is 15.3. The van der Waals surface area contributed by atoms with Crippen molar-refractivity contribution in [2.24, 2.45) is 5.16 Å². The van der Waals surface area contributed by atoms with Crippen LogP contribution in [0.4, 0.5) is 0 Å². The van der Waals surface area contributed by atoms with Gasteiger partial charge in [0.15, 0.2) is 17.2 Å². The Labute approximate surface area is 123 Å². The summed E-state index contributed by atoms with van der Waals surface area (Å²) < 4.78 is 4.83. The molecule has 0 atom stereocenters. The van der Waals surface area contributed by atoms with E-state index in [0.717, 1.165) is 0 Å². The number of nitrogens with zero attached hydrogens (tertiary/aromatic N) is 1. The number of aliphatic carboxylic acids is 1. The van der Waals surface area contributed by atoms with Gasteiger partial charge in [-0.3, -0.25) is 0 Å². The van der Waals surface area contributed by atoms with Gasteiger partial charge < -0.3 is 19.8 Å². The number of halogens is 2. The summed E-state index contributed by atoms with van der Waals surface area (Å²) in [5.41, 5.74) is -0.522. The van der Waals surface area contributed by atoms with Crippen LogP contribution < -0.4 is 4.74 Å². The molecular weight excluding hydrogens is 313 g/mol. The Morgan fingerprint density at radius 2 is 2.00 bits per heavy atom. The van der Waals surface area contributed by atoms with Crippen molar-refractivity contribution < 1.29 is 29.4 Å². The SMILES string of the molecule is COc1cc(C(=NOC(=O)C(Cl)Cl)C(=O)O)ccc1O. The number of carboxylic acids is 1. The molecule has 9 heteroatoms. The molecule has 0 aliphatic rings. The molecule has 0 unspecified atom stereocenters. The summed E-state index contributed by atoms with van der Waals surface area (Å²) in [5.74, 6) is -2.71. The van der Waals surface area contributed by atoms with E-state index in [0.29, 0.717) is 0 Å². The molecule has 0 bridgehead atoms. The minimum atomic E-state index is -1.48. The lowest BCUT2D eigenvalue weighted by atomic mass is 10.1. The lowest BCUT2D eigenvalue weighted by Crippen LogP contribution is -2.17. The van der Waals surface area contributed by atoms with E-state index in [1.807, 2.05) is 0 Å². The van der Waals surface area contributed by atoms with Crippen molar-refractivity contribution in [3.63, 3.8) is 0 Å². The van der Waals surface area contributed by atoms with Gasteiger partial charge in [-0.05, 0) is 18.2 Å². The van der Waals surface area contributed by atoms with Crippen molar-refractivity contribution in [3.8, 4) is 11.5 Å². The van der Waals surface area contributed by atoms with Crippen LogP contribution in [0.2, 0.25) is 0 Å². The largest absolute Gasteiger partial charge is 0.504 e. The lowest BCUT2D eigenvalue weighted by molar-refractivity contribution is -0.141. The van der Waals surface area contributed by atoms with Crippen molar-refractivity contribution in [3.05, 3.63) is 23.8 Å². The number of rotatable bonds is 5. The number of phenols is 1. The van der Waals surface area contributed by atoms with Crippen molar-refractivity contribution >= 4 is 40.9 Å². The standard InChI is InChI=1S/C11H9Cl2NO6/c1-19-7-4-5(2-3-6(7)15)8(10(16)17)14-20-11(18)9(12)13/h2-4,9,15H,1H3,(H,16,17). The van der Waals surface area contributed by atoms with E-state index < -0.39 is 22.5 Å². The van der Waals surface area contributed by atoms with Crippen LogP contribution in [0.1, 0.15) is 5.56 Å². The van der Waals surface area contributed by atoms with Crippen LogP contribution in [-0.4, -0.2) is 39.8 Å². The van der Waals surface area contributed by atoms with Gasteiger partial charge in [0.2, 0.25) is 4.84 Å². The summed E-state index contributed by atoms with van der Waals surface area (Å²) in [4.78, 5) is 24.9. The van der Waals surface area contributed by atoms with Crippen LogP contribution >= 0.6 is 23.2 Å². The highest BCUT2D eigenvalue weighted by Gasteiger charge is 2.19. The van der Waals surface area contributed by atoms with E-state index in [-0.39, 0.29) is 17.1 Å². The molecule has 0 saturated heterocycles. The van der Waals surface area contributed by atoms with E-state index in [9.17, 15) is 14.7 Å². The molecule has 1 aromatic rings. The first-order valence-corrected chi connectivity index (χ1v) is 5.91.